The van der Waals surface area contributed by atoms with Crippen LogP contribution < -0.4 is 14.5 Å². The smallest absolute Gasteiger partial charge is 0.227 e. The van der Waals surface area contributed by atoms with E-state index in [0.29, 0.717) is 0 Å². The molecule has 3 aromatic rings. The number of nitrogens with zero attached hydrogens (tertiary/aromatic N) is 6. The molecule has 3 heterocycles. The molecule has 0 atom stereocenters. The van der Waals surface area contributed by atoms with Crippen LogP contribution >= 0.6 is 0 Å². The summed E-state index contributed by atoms with van der Waals surface area (Å²) < 4.78 is 7.11. The van der Waals surface area contributed by atoms with Crippen molar-refractivity contribution < 1.29 is 4.74 Å². The second-order valence-electron chi connectivity index (χ2n) is 6.73. The number of anilines is 2. The quantitative estimate of drug-likeness (QED) is 0.709. The van der Waals surface area contributed by atoms with Crippen LogP contribution in [0.4, 0.5) is 11.6 Å². The van der Waals surface area contributed by atoms with Crippen molar-refractivity contribution in [1.82, 2.24) is 19.7 Å². The minimum Gasteiger partial charge on any atom is -0.497 e. The van der Waals surface area contributed by atoms with Gasteiger partial charge in [-0.3, -0.25) is 0 Å². The standard InChI is InChI=1S/C20H24N6O/c1-15-14-16(2)26(23-15)19-8-9-21-20(22-19)25-12-10-24(11-13-25)17-4-6-18(27-3)7-5-17/h4-9,14H,10-13H2,1-3H3. The summed E-state index contributed by atoms with van der Waals surface area (Å²) in [5.41, 5.74) is 3.27. The molecule has 27 heavy (non-hydrogen) atoms. The van der Waals surface area contributed by atoms with Crippen LogP contribution in [0.2, 0.25) is 0 Å². The lowest BCUT2D eigenvalue weighted by molar-refractivity contribution is 0.415. The molecule has 2 aromatic heterocycles. The molecular formula is C20H24N6O. The maximum absolute atomic E-state index is 5.24. The Hall–Kier alpha value is -3.09. The number of piperazine rings is 1. The molecule has 7 heteroatoms. The van der Waals surface area contributed by atoms with Gasteiger partial charge >= 0.3 is 0 Å². The largest absolute Gasteiger partial charge is 0.497 e. The number of rotatable bonds is 4. The number of benzene rings is 1. The molecule has 1 fully saturated rings. The molecule has 0 amide bonds. The van der Waals surface area contributed by atoms with Crippen LogP contribution in [0.5, 0.6) is 5.75 Å². The Bertz CT molecular complexity index is 912. The van der Waals surface area contributed by atoms with Crippen molar-refractivity contribution in [3.05, 3.63) is 54.0 Å². The Morgan fingerprint density at radius 3 is 2.26 bits per heavy atom. The second-order valence-corrected chi connectivity index (χ2v) is 6.73. The van der Waals surface area contributed by atoms with Gasteiger partial charge in [0, 0.05) is 49.8 Å². The van der Waals surface area contributed by atoms with Crippen molar-refractivity contribution in [2.75, 3.05) is 43.1 Å². The van der Waals surface area contributed by atoms with Crippen LogP contribution in [0.25, 0.3) is 5.82 Å². The third-order valence-electron chi connectivity index (χ3n) is 4.85. The lowest BCUT2D eigenvalue weighted by Crippen LogP contribution is -2.47. The van der Waals surface area contributed by atoms with Gasteiger partial charge in [0.05, 0.1) is 12.8 Å². The zero-order chi connectivity index (χ0) is 18.8. The molecule has 0 N–H and O–H groups in total. The SMILES string of the molecule is COc1ccc(N2CCN(c3nccc(-n4nc(C)cc4C)n3)CC2)cc1. The number of methoxy groups -OCH3 is 1. The van der Waals surface area contributed by atoms with Gasteiger partial charge in [0.1, 0.15) is 5.75 Å². The Morgan fingerprint density at radius 2 is 1.63 bits per heavy atom. The van der Waals surface area contributed by atoms with E-state index in [4.69, 9.17) is 9.72 Å². The molecule has 0 bridgehead atoms. The van der Waals surface area contributed by atoms with Crippen LogP contribution in [0.3, 0.4) is 0 Å². The molecule has 7 nitrogen and oxygen atoms in total. The summed E-state index contributed by atoms with van der Waals surface area (Å²) in [6.45, 7) is 7.65. The van der Waals surface area contributed by atoms with Crippen LogP contribution in [0.1, 0.15) is 11.4 Å². The number of aromatic nitrogens is 4. The van der Waals surface area contributed by atoms with Crippen LogP contribution in [-0.4, -0.2) is 53.0 Å². The minimum absolute atomic E-state index is 0.759. The zero-order valence-corrected chi connectivity index (χ0v) is 16.0. The molecule has 0 saturated carbocycles. The van der Waals surface area contributed by atoms with Gasteiger partial charge in [0.25, 0.3) is 0 Å². The number of ether oxygens (including phenoxy) is 1. The average Bonchev–Trinajstić information content (AvgIpc) is 3.06. The van der Waals surface area contributed by atoms with Gasteiger partial charge in [0.15, 0.2) is 5.82 Å². The molecule has 140 valence electrons. The predicted octanol–water partition coefficient (Wildman–Crippen LogP) is 2.61. The monoisotopic (exact) mass is 364 g/mol. The first-order chi connectivity index (χ1) is 13.1. The number of hydrogen-bond donors (Lipinski definition) is 0. The third-order valence-corrected chi connectivity index (χ3v) is 4.85. The normalized spacial score (nSPS) is 14.5. The van der Waals surface area contributed by atoms with Gasteiger partial charge < -0.3 is 14.5 Å². The highest BCUT2D eigenvalue weighted by molar-refractivity contribution is 5.51. The second kappa shape index (κ2) is 7.26. The molecule has 1 aromatic carbocycles. The predicted molar refractivity (Wildman–Crippen MR) is 106 cm³/mol. The Labute approximate surface area is 159 Å². The molecule has 4 rings (SSSR count). The van der Waals surface area contributed by atoms with E-state index >= 15 is 0 Å². The number of hydrogen-bond acceptors (Lipinski definition) is 6. The molecular weight excluding hydrogens is 340 g/mol. The molecule has 0 radical (unpaired) electrons. The molecule has 1 aliphatic heterocycles. The van der Waals surface area contributed by atoms with Gasteiger partial charge in [-0.2, -0.15) is 10.1 Å². The van der Waals surface area contributed by atoms with Gasteiger partial charge in [-0.05, 0) is 44.2 Å². The summed E-state index contributed by atoms with van der Waals surface area (Å²) in [5, 5.41) is 4.52. The fourth-order valence-electron chi connectivity index (χ4n) is 3.43. The lowest BCUT2D eigenvalue weighted by atomic mass is 10.2. The van der Waals surface area contributed by atoms with E-state index in [1.807, 2.05) is 42.9 Å². The Kier molecular flexibility index (Phi) is 4.66. The van der Waals surface area contributed by atoms with Crippen molar-refractivity contribution in [2.24, 2.45) is 0 Å². The van der Waals surface area contributed by atoms with Gasteiger partial charge in [-0.25, -0.2) is 9.67 Å². The maximum Gasteiger partial charge on any atom is 0.227 e. The average molecular weight is 364 g/mol. The first kappa shape index (κ1) is 17.3. The van der Waals surface area contributed by atoms with E-state index in [9.17, 15) is 0 Å². The number of aryl methyl sites for hydroxylation is 2. The van der Waals surface area contributed by atoms with E-state index in [-0.39, 0.29) is 0 Å². The Balaban J connectivity index is 1.46. The molecule has 1 saturated heterocycles. The molecule has 0 unspecified atom stereocenters. The van der Waals surface area contributed by atoms with Crippen molar-refractivity contribution >= 4 is 11.6 Å². The van der Waals surface area contributed by atoms with Gasteiger partial charge in [-0.15, -0.1) is 0 Å². The molecule has 1 aliphatic rings. The summed E-state index contributed by atoms with van der Waals surface area (Å²) >= 11 is 0. The minimum atomic E-state index is 0.759. The van der Waals surface area contributed by atoms with Gasteiger partial charge in [0.2, 0.25) is 5.95 Å². The highest BCUT2D eigenvalue weighted by Gasteiger charge is 2.20. The van der Waals surface area contributed by atoms with E-state index in [0.717, 1.165) is 55.1 Å². The van der Waals surface area contributed by atoms with Crippen LogP contribution in [-0.2, 0) is 0 Å². The summed E-state index contributed by atoms with van der Waals surface area (Å²) in [7, 11) is 1.69. The topological polar surface area (TPSA) is 59.3 Å². The first-order valence-electron chi connectivity index (χ1n) is 9.15. The summed E-state index contributed by atoms with van der Waals surface area (Å²) in [5.74, 6) is 2.45. The fraction of sp³-hybridized carbons (Fsp3) is 0.350. The zero-order valence-electron chi connectivity index (χ0n) is 16.0. The van der Waals surface area contributed by atoms with E-state index in [1.165, 1.54) is 5.69 Å². The molecule has 0 spiro atoms. The van der Waals surface area contributed by atoms with Gasteiger partial charge in [-0.1, -0.05) is 0 Å². The van der Waals surface area contributed by atoms with Crippen LogP contribution in [0, 0.1) is 13.8 Å². The third kappa shape index (κ3) is 3.58. The summed E-state index contributed by atoms with van der Waals surface area (Å²) in [6.07, 6.45) is 1.81. The van der Waals surface area contributed by atoms with Crippen molar-refractivity contribution in [1.29, 1.82) is 0 Å². The summed E-state index contributed by atoms with van der Waals surface area (Å²) in [6, 6.07) is 12.2. The first-order valence-corrected chi connectivity index (χ1v) is 9.15. The molecule has 0 aliphatic carbocycles. The van der Waals surface area contributed by atoms with Crippen molar-refractivity contribution in [3.63, 3.8) is 0 Å². The fourth-order valence-corrected chi connectivity index (χ4v) is 3.43. The lowest BCUT2D eigenvalue weighted by Gasteiger charge is -2.36. The summed E-state index contributed by atoms with van der Waals surface area (Å²) in [4.78, 5) is 13.8. The van der Waals surface area contributed by atoms with E-state index in [2.05, 4.69) is 38.1 Å². The van der Waals surface area contributed by atoms with E-state index in [1.54, 1.807) is 7.11 Å². The van der Waals surface area contributed by atoms with Crippen LogP contribution in [0.15, 0.2) is 42.6 Å². The maximum atomic E-state index is 5.24. The van der Waals surface area contributed by atoms with Crippen molar-refractivity contribution in [3.8, 4) is 11.6 Å². The highest BCUT2D eigenvalue weighted by atomic mass is 16.5. The Morgan fingerprint density at radius 1 is 0.926 bits per heavy atom. The highest BCUT2D eigenvalue weighted by Crippen LogP contribution is 2.22. The van der Waals surface area contributed by atoms with E-state index < -0.39 is 0 Å². The van der Waals surface area contributed by atoms with Crippen molar-refractivity contribution in [2.45, 2.75) is 13.8 Å².